The van der Waals surface area contributed by atoms with Crippen LogP contribution in [-0.4, -0.2) is 12.0 Å². The molecular weight excluding hydrogens is 166 g/mol. The highest BCUT2D eigenvalue weighted by atomic mass is 16.6. The molecule has 13 heavy (non-hydrogen) atoms. The third kappa shape index (κ3) is 0.848. The van der Waals surface area contributed by atoms with Crippen molar-refractivity contribution in [1.29, 1.82) is 0 Å². The molecule has 0 spiro atoms. The highest BCUT2D eigenvalue weighted by Gasteiger charge is 2.30. The molecule has 1 atom stereocenters. The van der Waals surface area contributed by atoms with Crippen molar-refractivity contribution in [3.63, 3.8) is 0 Å². The van der Waals surface area contributed by atoms with Crippen molar-refractivity contribution < 1.29 is 9.53 Å². The van der Waals surface area contributed by atoms with Gasteiger partial charge < -0.3 is 10.5 Å². The molecule has 1 aliphatic carbocycles. The Hall–Kier alpha value is -1.35. The van der Waals surface area contributed by atoms with Gasteiger partial charge in [-0.1, -0.05) is 0 Å². The summed E-state index contributed by atoms with van der Waals surface area (Å²) < 4.78 is 4.87. The van der Waals surface area contributed by atoms with Gasteiger partial charge in [-0.15, -0.1) is 0 Å². The van der Waals surface area contributed by atoms with Gasteiger partial charge in [0.2, 0.25) is 0 Å². The van der Waals surface area contributed by atoms with Crippen molar-refractivity contribution >= 4 is 5.97 Å². The van der Waals surface area contributed by atoms with Crippen LogP contribution in [0.3, 0.4) is 0 Å². The van der Waals surface area contributed by atoms with E-state index in [2.05, 4.69) is 0 Å². The van der Waals surface area contributed by atoms with Crippen LogP contribution in [-0.2, 0) is 12.8 Å². The van der Waals surface area contributed by atoms with Gasteiger partial charge in [-0.05, 0) is 36.1 Å². The summed E-state index contributed by atoms with van der Waals surface area (Å²) in [5.74, 6) is 0.510. The van der Waals surface area contributed by atoms with E-state index in [1.807, 2.05) is 12.1 Å². The number of hydrogen-bond donors (Lipinski definition) is 1. The third-order valence-corrected chi connectivity index (χ3v) is 2.69. The van der Waals surface area contributed by atoms with Crippen LogP contribution in [0.1, 0.15) is 21.5 Å². The summed E-state index contributed by atoms with van der Waals surface area (Å²) in [6, 6.07) is 4.08. The maximum absolute atomic E-state index is 10.9. The Kier molecular flexibility index (Phi) is 1.15. The van der Waals surface area contributed by atoms with Gasteiger partial charge in [0, 0.05) is 6.04 Å². The van der Waals surface area contributed by atoms with E-state index in [-0.39, 0.29) is 12.0 Å². The Morgan fingerprint density at radius 3 is 2.69 bits per heavy atom. The molecule has 0 radical (unpaired) electrons. The summed E-state index contributed by atoms with van der Waals surface area (Å²) in [5.41, 5.74) is 8.98. The molecular formula is C10H9NO2. The molecule has 0 saturated heterocycles. The number of carbonyl (C=O) groups is 1. The van der Waals surface area contributed by atoms with Crippen LogP contribution in [0.4, 0.5) is 0 Å². The number of carbonyl (C=O) groups excluding carboxylic acids is 1. The molecule has 3 heteroatoms. The van der Waals surface area contributed by atoms with Gasteiger partial charge in [0.05, 0.1) is 0 Å². The minimum absolute atomic E-state index is 0.210. The fraction of sp³-hybridized carbons (Fsp3) is 0.300. The first-order valence-corrected chi connectivity index (χ1v) is 4.37. The first-order valence-electron chi connectivity index (χ1n) is 4.37. The fourth-order valence-corrected chi connectivity index (χ4v) is 2.04. The van der Waals surface area contributed by atoms with E-state index in [4.69, 9.17) is 10.5 Å². The molecule has 0 saturated carbocycles. The first kappa shape index (κ1) is 7.09. The van der Waals surface area contributed by atoms with Crippen molar-refractivity contribution in [2.75, 3.05) is 0 Å². The molecule has 1 heterocycles. The molecule has 1 unspecified atom stereocenters. The first-order chi connectivity index (χ1) is 6.24. The summed E-state index contributed by atoms with van der Waals surface area (Å²) in [5, 5.41) is 0. The van der Waals surface area contributed by atoms with Crippen LogP contribution in [0.15, 0.2) is 12.1 Å². The van der Waals surface area contributed by atoms with Crippen LogP contribution >= 0.6 is 0 Å². The third-order valence-electron chi connectivity index (χ3n) is 2.69. The van der Waals surface area contributed by atoms with Gasteiger partial charge in [-0.3, -0.25) is 0 Å². The van der Waals surface area contributed by atoms with Crippen molar-refractivity contribution in [2.24, 2.45) is 5.73 Å². The zero-order chi connectivity index (χ0) is 9.00. The molecule has 3 rings (SSSR count). The Labute approximate surface area is 75.5 Å². The average Bonchev–Trinajstić information content (AvgIpc) is 2.42. The normalized spacial score (nSPS) is 23.2. The number of nitrogens with two attached hydrogens (primary N) is 1. The summed E-state index contributed by atoms with van der Waals surface area (Å²) in [6.07, 6.45) is 1.79. The summed E-state index contributed by atoms with van der Waals surface area (Å²) in [4.78, 5) is 10.9. The van der Waals surface area contributed by atoms with E-state index in [1.165, 1.54) is 11.1 Å². The van der Waals surface area contributed by atoms with E-state index in [9.17, 15) is 4.79 Å². The van der Waals surface area contributed by atoms with Crippen molar-refractivity contribution in [3.8, 4) is 5.75 Å². The Morgan fingerprint density at radius 1 is 1.31 bits per heavy atom. The quantitative estimate of drug-likeness (QED) is 0.589. The molecule has 3 nitrogen and oxygen atoms in total. The van der Waals surface area contributed by atoms with Gasteiger partial charge in [-0.25, -0.2) is 4.79 Å². The summed E-state index contributed by atoms with van der Waals surface area (Å²) >= 11 is 0. The summed E-state index contributed by atoms with van der Waals surface area (Å²) in [6.45, 7) is 0. The second-order valence-corrected chi connectivity index (χ2v) is 3.67. The molecule has 0 amide bonds. The molecule has 66 valence electrons. The minimum Gasteiger partial charge on any atom is -0.422 e. The molecule has 0 bridgehead atoms. The zero-order valence-electron chi connectivity index (χ0n) is 7.04. The molecule has 2 aliphatic rings. The number of esters is 1. The maximum atomic E-state index is 10.9. The van der Waals surface area contributed by atoms with E-state index in [1.54, 1.807) is 0 Å². The number of hydrogen-bond acceptors (Lipinski definition) is 3. The second kappa shape index (κ2) is 2.12. The van der Waals surface area contributed by atoms with E-state index in [0.29, 0.717) is 5.56 Å². The van der Waals surface area contributed by atoms with E-state index < -0.39 is 0 Å². The lowest BCUT2D eigenvalue weighted by Gasteiger charge is -2.18. The van der Waals surface area contributed by atoms with Crippen LogP contribution < -0.4 is 10.5 Å². The van der Waals surface area contributed by atoms with Crippen molar-refractivity contribution in [1.82, 2.24) is 0 Å². The minimum atomic E-state index is -0.210. The van der Waals surface area contributed by atoms with E-state index >= 15 is 0 Å². The number of benzene rings is 1. The van der Waals surface area contributed by atoms with Crippen LogP contribution in [0.25, 0.3) is 0 Å². The summed E-state index contributed by atoms with van der Waals surface area (Å²) in [7, 11) is 0. The second-order valence-electron chi connectivity index (χ2n) is 3.67. The van der Waals surface area contributed by atoms with E-state index in [0.717, 1.165) is 18.6 Å². The molecule has 0 aromatic heterocycles. The lowest BCUT2D eigenvalue weighted by molar-refractivity contribution is 0.0658. The molecule has 1 aromatic rings. The lowest BCUT2D eigenvalue weighted by atomic mass is 10.0. The Morgan fingerprint density at radius 2 is 2.00 bits per heavy atom. The predicted octanol–water partition coefficient (Wildman–Crippen LogP) is 0.645. The number of ether oxygens (including phenoxy) is 1. The maximum Gasteiger partial charge on any atom is 0.347 e. The van der Waals surface area contributed by atoms with Gasteiger partial charge in [0.1, 0.15) is 11.3 Å². The van der Waals surface area contributed by atoms with Gasteiger partial charge in [0.25, 0.3) is 0 Å². The van der Waals surface area contributed by atoms with Crippen LogP contribution in [0.5, 0.6) is 5.75 Å². The monoisotopic (exact) mass is 175 g/mol. The molecule has 2 N–H and O–H groups in total. The zero-order valence-corrected chi connectivity index (χ0v) is 7.04. The lowest BCUT2D eigenvalue weighted by Crippen LogP contribution is -2.21. The van der Waals surface area contributed by atoms with Crippen LogP contribution in [0, 0.1) is 0 Å². The number of rotatable bonds is 0. The largest absolute Gasteiger partial charge is 0.422 e. The Balaban J connectivity index is 2.14. The fourth-order valence-electron chi connectivity index (χ4n) is 2.04. The molecule has 1 aromatic carbocycles. The highest BCUT2D eigenvalue weighted by Crippen LogP contribution is 2.35. The molecule has 1 aliphatic heterocycles. The topological polar surface area (TPSA) is 52.3 Å². The van der Waals surface area contributed by atoms with Crippen LogP contribution in [0.2, 0.25) is 0 Å². The van der Waals surface area contributed by atoms with Gasteiger partial charge in [0.15, 0.2) is 0 Å². The SMILES string of the molecule is NC1Cc2cc3c(cc2C1)C(=O)O3. The van der Waals surface area contributed by atoms with Gasteiger partial charge >= 0.3 is 5.97 Å². The highest BCUT2D eigenvalue weighted by molar-refractivity contribution is 6.01. The standard InChI is InChI=1S/C10H9NO2/c11-7-1-5-3-8-9(13-10(8)12)4-6(5)2-7/h3-4,7H,1-2,11H2. The molecule has 0 fully saturated rings. The smallest absolute Gasteiger partial charge is 0.347 e. The van der Waals surface area contributed by atoms with Crippen molar-refractivity contribution in [2.45, 2.75) is 18.9 Å². The van der Waals surface area contributed by atoms with Crippen molar-refractivity contribution in [3.05, 3.63) is 28.8 Å². The number of fused-ring (bicyclic) bond motifs is 2. The average molecular weight is 175 g/mol. The Bertz CT molecular complexity index is 412. The predicted molar refractivity (Wildman–Crippen MR) is 46.8 cm³/mol. The van der Waals surface area contributed by atoms with Gasteiger partial charge in [-0.2, -0.15) is 0 Å².